The number of carbonyl (C=O) groups is 1. The Labute approximate surface area is 94.7 Å². The Bertz CT molecular complexity index is 417. The number of amides is 1. The molecule has 0 saturated carbocycles. The van der Waals surface area contributed by atoms with Crippen molar-refractivity contribution in [3.63, 3.8) is 0 Å². The second-order valence-corrected chi connectivity index (χ2v) is 4.71. The standard InChI is InChI=1S/C13H15NO2/c15-12-9-13(16,10-5-2-1-3-6-10)11-7-4-8-14(11)12/h1-3,5-6,11,16H,4,7-9H2/t11-,13+/m1/s1. The highest BCUT2D eigenvalue weighted by molar-refractivity contribution is 5.81. The van der Waals surface area contributed by atoms with Crippen molar-refractivity contribution in [3.8, 4) is 0 Å². The number of benzene rings is 1. The Morgan fingerprint density at radius 1 is 1.31 bits per heavy atom. The lowest BCUT2D eigenvalue weighted by Gasteiger charge is -2.29. The van der Waals surface area contributed by atoms with Crippen molar-refractivity contribution in [1.82, 2.24) is 4.90 Å². The summed E-state index contributed by atoms with van der Waals surface area (Å²) in [5.74, 6) is 0.0915. The fraction of sp³-hybridized carbons (Fsp3) is 0.462. The molecule has 2 fully saturated rings. The lowest BCUT2D eigenvalue weighted by Crippen LogP contribution is -2.38. The lowest BCUT2D eigenvalue weighted by atomic mass is 9.85. The van der Waals surface area contributed by atoms with Gasteiger partial charge >= 0.3 is 0 Å². The van der Waals surface area contributed by atoms with E-state index in [4.69, 9.17) is 0 Å². The lowest BCUT2D eigenvalue weighted by molar-refractivity contribution is -0.128. The van der Waals surface area contributed by atoms with E-state index in [0.29, 0.717) is 0 Å². The molecule has 1 aromatic rings. The van der Waals surface area contributed by atoms with Crippen LogP contribution in [-0.2, 0) is 10.4 Å². The summed E-state index contributed by atoms with van der Waals surface area (Å²) in [4.78, 5) is 13.7. The van der Waals surface area contributed by atoms with Gasteiger partial charge in [-0.1, -0.05) is 30.3 Å². The third-order valence-corrected chi connectivity index (χ3v) is 3.82. The summed E-state index contributed by atoms with van der Waals surface area (Å²) in [6.07, 6.45) is 2.16. The molecular weight excluding hydrogens is 202 g/mol. The second-order valence-electron chi connectivity index (χ2n) is 4.71. The van der Waals surface area contributed by atoms with E-state index in [9.17, 15) is 9.90 Å². The fourth-order valence-electron chi connectivity index (χ4n) is 3.03. The maximum absolute atomic E-state index is 11.8. The average Bonchev–Trinajstić information content (AvgIpc) is 2.86. The minimum Gasteiger partial charge on any atom is -0.382 e. The van der Waals surface area contributed by atoms with Crippen molar-refractivity contribution in [2.24, 2.45) is 0 Å². The minimum absolute atomic E-state index is 0.0117. The first-order chi connectivity index (χ1) is 7.72. The van der Waals surface area contributed by atoms with Crippen LogP contribution in [0.3, 0.4) is 0 Å². The normalized spacial score (nSPS) is 33.2. The molecule has 0 aliphatic carbocycles. The van der Waals surface area contributed by atoms with Crippen LogP contribution < -0.4 is 0 Å². The quantitative estimate of drug-likeness (QED) is 0.769. The number of rotatable bonds is 1. The summed E-state index contributed by atoms with van der Waals surface area (Å²) in [6, 6.07) is 9.56. The molecule has 0 unspecified atom stereocenters. The predicted molar refractivity (Wildman–Crippen MR) is 59.7 cm³/mol. The highest BCUT2D eigenvalue weighted by Gasteiger charge is 2.53. The van der Waals surface area contributed by atoms with Gasteiger partial charge in [0.15, 0.2) is 0 Å². The zero-order valence-electron chi connectivity index (χ0n) is 9.10. The van der Waals surface area contributed by atoms with E-state index < -0.39 is 5.60 Å². The van der Waals surface area contributed by atoms with Crippen molar-refractivity contribution in [1.29, 1.82) is 0 Å². The maximum atomic E-state index is 11.8. The van der Waals surface area contributed by atoms with Gasteiger partial charge in [0.25, 0.3) is 0 Å². The van der Waals surface area contributed by atoms with Gasteiger partial charge in [-0.3, -0.25) is 4.79 Å². The molecule has 0 aromatic heterocycles. The molecule has 3 rings (SSSR count). The van der Waals surface area contributed by atoms with Crippen LogP contribution in [0.1, 0.15) is 24.8 Å². The first-order valence-corrected chi connectivity index (χ1v) is 5.79. The first-order valence-electron chi connectivity index (χ1n) is 5.79. The minimum atomic E-state index is -0.963. The van der Waals surface area contributed by atoms with Crippen LogP contribution in [0.2, 0.25) is 0 Å². The zero-order valence-corrected chi connectivity index (χ0v) is 9.10. The molecular formula is C13H15NO2. The number of fused-ring (bicyclic) bond motifs is 1. The molecule has 2 heterocycles. The molecule has 3 heteroatoms. The van der Waals surface area contributed by atoms with Crippen LogP contribution in [0.4, 0.5) is 0 Å². The molecule has 2 aliphatic rings. The fourth-order valence-corrected chi connectivity index (χ4v) is 3.03. The van der Waals surface area contributed by atoms with E-state index >= 15 is 0 Å². The second kappa shape index (κ2) is 3.32. The topological polar surface area (TPSA) is 40.5 Å². The number of nitrogens with zero attached hydrogens (tertiary/aromatic N) is 1. The van der Waals surface area contributed by atoms with E-state index in [-0.39, 0.29) is 18.4 Å². The molecule has 3 nitrogen and oxygen atoms in total. The number of carbonyl (C=O) groups excluding carboxylic acids is 1. The number of hydrogen-bond donors (Lipinski definition) is 1. The van der Waals surface area contributed by atoms with Gasteiger partial charge in [0.05, 0.1) is 12.5 Å². The molecule has 2 saturated heterocycles. The summed E-state index contributed by atoms with van der Waals surface area (Å²) in [5, 5.41) is 10.7. The van der Waals surface area contributed by atoms with Crippen LogP contribution in [0.25, 0.3) is 0 Å². The highest BCUT2D eigenvalue weighted by Crippen LogP contribution is 2.43. The molecule has 84 valence electrons. The molecule has 0 bridgehead atoms. The number of hydrogen-bond acceptors (Lipinski definition) is 2. The molecule has 1 aromatic carbocycles. The van der Waals surface area contributed by atoms with Gasteiger partial charge in [-0.05, 0) is 18.4 Å². The first kappa shape index (κ1) is 9.85. The van der Waals surface area contributed by atoms with Gasteiger partial charge in [-0.25, -0.2) is 0 Å². The van der Waals surface area contributed by atoms with Crippen LogP contribution in [-0.4, -0.2) is 28.5 Å². The molecule has 0 spiro atoms. The van der Waals surface area contributed by atoms with E-state index in [1.54, 1.807) is 0 Å². The van der Waals surface area contributed by atoms with Gasteiger partial charge in [0.1, 0.15) is 5.60 Å². The molecule has 16 heavy (non-hydrogen) atoms. The molecule has 1 amide bonds. The smallest absolute Gasteiger partial charge is 0.226 e. The van der Waals surface area contributed by atoms with Crippen LogP contribution in [0.15, 0.2) is 30.3 Å². The van der Waals surface area contributed by atoms with E-state index in [1.807, 2.05) is 35.2 Å². The van der Waals surface area contributed by atoms with Gasteiger partial charge in [-0.15, -0.1) is 0 Å². The summed E-state index contributed by atoms with van der Waals surface area (Å²) >= 11 is 0. The van der Waals surface area contributed by atoms with Crippen molar-refractivity contribution in [3.05, 3.63) is 35.9 Å². The third kappa shape index (κ3) is 1.21. The van der Waals surface area contributed by atoms with E-state index in [1.165, 1.54) is 0 Å². The van der Waals surface area contributed by atoms with E-state index in [2.05, 4.69) is 0 Å². The van der Waals surface area contributed by atoms with Gasteiger partial charge < -0.3 is 10.0 Å². The molecule has 2 atom stereocenters. The Balaban J connectivity index is 2.03. The molecule has 0 radical (unpaired) electrons. The maximum Gasteiger partial charge on any atom is 0.226 e. The third-order valence-electron chi connectivity index (χ3n) is 3.82. The van der Waals surface area contributed by atoms with Gasteiger partial charge in [0, 0.05) is 6.54 Å². The van der Waals surface area contributed by atoms with Crippen molar-refractivity contribution in [2.75, 3.05) is 6.54 Å². The van der Waals surface area contributed by atoms with Crippen LogP contribution in [0, 0.1) is 0 Å². The van der Waals surface area contributed by atoms with Gasteiger partial charge in [0.2, 0.25) is 5.91 Å². The van der Waals surface area contributed by atoms with Gasteiger partial charge in [-0.2, -0.15) is 0 Å². The van der Waals surface area contributed by atoms with Crippen molar-refractivity contribution >= 4 is 5.91 Å². The van der Waals surface area contributed by atoms with Crippen molar-refractivity contribution < 1.29 is 9.90 Å². The predicted octanol–water partition coefficient (Wildman–Crippen LogP) is 1.27. The van der Waals surface area contributed by atoms with Crippen molar-refractivity contribution in [2.45, 2.75) is 30.9 Å². The SMILES string of the molecule is O=C1C[C@](O)(c2ccccc2)[C@H]2CCCN12. The summed E-state index contributed by atoms with van der Waals surface area (Å²) in [6.45, 7) is 0.804. The van der Waals surface area contributed by atoms with Crippen LogP contribution in [0.5, 0.6) is 0 Å². The summed E-state index contributed by atoms with van der Waals surface area (Å²) in [7, 11) is 0. The zero-order chi connectivity index (χ0) is 11.2. The average molecular weight is 217 g/mol. The summed E-state index contributed by atoms with van der Waals surface area (Å²) in [5.41, 5.74) is -0.0905. The Morgan fingerprint density at radius 3 is 2.81 bits per heavy atom. The monoisotopic (exact) mass is 217 g/mol. The Morgan fingerprint density at radius 2 is 2.06 bits per heavy atom. The summed E-state index contributed by atoms with van der Waals surface area (Å²) < 4.78 is 0. The molecule has 2 aliphatic heterocycles. The highest BCUT2D eigenvalue weighted by atomic mass is 16.3. The Kier molecular flexibility index (Phi) is 2.04. The van der Waals surface area contributed by atoms with E-state index in [0.717, 1.165) is 24.9 Å². The Hall–Kier alpha value is -1.35. The van der Waals surface area contributed by atoms with Crippen LogP contribution >= 0.6 is 0 Å². The number of aliphatic hydroxyl groups is 1. The largest absolute Gasteiger partial charge is 0.382 e. The molecule has 1 N–H and O–H groups in total.